The summed E-state index contributed by atoms with van der Waals surface area (Å²) in [5.41, 5.74) is 2.16. The number of aliphatic hydroxyl groups excluding tert-OH is 1. The summed E-state index contributed by atoms with van der Waals surface area (Å²) in [6, 6.07) is 10.0. The highest BCUT2D eigenvalue weighted by molar-refractivity contribution is 5.54. The summed E-state index contributed by atoms with van der Waals surface area (Å²) < 4.78 is 0. The van der Waals surface area contributed by atoms with Crippen LogP contribution in [0, 0.1) is 0 Å². The maximum atomic E-state index is 8.72. The average molecular weight is 202 g/mol. The van der Waals surface area contributed by atoms with Gasteiger partial charge in [-0.15, -0.1) is 0 Å². The van der Waals surface area contributed by atoms with E-state index in [0.717, 1.165) is 29.9 Å². The molecule has 0 saturated carbocycles. The Balaban J connectivity index is 2.14. The summed E-state index contributed by atoms with van der Waals surface area (Å²) in [4.78, 5) is 7.54. The number of rotatable bonds is 4. The third-order valence-electron chi connectivity index (χ3n) is 2.28. The Morgan fingerprint density at radius 1 is 1.20 bits per heavy atom. The van der Waals surface area contributed by atoms with Crippen molar-refractivity contribution in [3.05, 3.63) is 42.2 Å². The van der Waals surface area contributed by atoms with Crippen LogP contribution >= 0.6 is 0 Å². The van der Waals surface area contributed by atoms with Gasteiger partial charge in [-0.2, -0.15) is 0 Å². The Labute approximate surface area is 88.8 Å². The first-order chi connectivity index (χ1) is 7.40. The number of aromatic nitrogens is 2. The van der Waals surface area contributed by atoms with Crippen LogP contribution in [0.25, 0.3) is 11.4 Å². The van der Waals surface area contributed by atoms with Crippen molar-refractivity contribution < 1.29 is 5.11 Å². The van der Waals surface area contributed by atoms with Crippen LogP contribution in [0.1, 0.15) is 12.1 Å². The van der Waals surface area contributed by atoms with E-state index in [9.17, 15) is 0 Å². The van der Waals surface area contributed by atoms with E-state index in [2.05, 4.69) is 9.97 Å². The average Bonchev–Trinajstić information content (AvgIpc) is 2.76. The van der Waals surface area contributed by atoms with E-state index < -0.39 is 0 Å². The molecule has 0 spiro atoms. The van der Waals surface area contributed by atoms with Gasteiger partial charge in [-0.25, -0.2) is 4.98 Å². The Bertz CT molecular complexity index is 409. The zero-order chi connectivity index (χ0) is 10.5. The highest BCUT2D eigenvalue weighted by Gasteiger charge is 2.01. The quantitative estimate of drug-likeness (QED) is 0.796. The van der Waals surface area contributed by atoms with Crippen molar-refractivity contribution in [2.24, 2.45) is 0 Å². The number of hydrogen-bond donors (Lipinski definition) is 2. The molecule has 15 heavy (non-hydrogen) atoms. The van der Waals surface area contributed by atoms with Crippen LogP contribution in [0.4, 0.5) is 0 Å². The summed E-state index contributed by atoms with van der Waals surface area (Å²) in [5.74, 6) is 0.892. The lowest BCUT2D eigenvalue weighted by Crippen LogP contribution is -1.89. The van der Waals surface area contributed by atoms with Crippen molar-refractivity contribution in [1.82, 2.24) is 9.97 Å². The molecule has 0 aliphatic heterocycles. The molecule has 0 amide bonds. The van der Waals surface area contributed by atoms with Gasteiger partial charge in [-0.05, 0) is 12.8 Å². The van der Waals surface area contributed by atoms with Crippen LogP contribution in [0.2, 0.25) is 0 Å². The van der Waals surface area contributed by atoms with Crippen molar-refractivity contribution in [2.45, 2.75) is 12.8 Å². The maximum absolute atomic E-state index is 8.72. The second-order valence-corrected chi connectivity index (χ2v) is 3.45. The lowest BCUT2D eigenvalue weighted by atomic mass is 10.2. The van der Waals surface area contributed by atoms with Gasteiger partial charge in [0.05, 0.1) is 0 Å². The molecule has 0 saturated heterocycles. The number of aryl methyl sites for hydroxylation is 1. The second kappa shape index (κ2) is 4.75. The summed E-state index contributed by atoms with van der Waals surface area (Å²) in [6.07, 6.45) is 3.45. The lowest BCUT2D eigenvalue weighted by Gasteiger charge is -1.95. The molecule has 0 aliphatic rings. The molecule has 2 N–H and O–H groups in total. The van der Waals surface area contributed by atoms with Crippen LogP contribution in [0.15, 0.2) is 36.5 Å². The summed E-state index contributed by atoms with van der Waals surface area (Å²) in [7, 11) is 0. The van der Waals surface area contributed by atoms with E-state index in [1.54, 1.807) is 0 Å². The molecule has 1 heterocycles. The molecule has 0 radical (unpaired) electrons. The fraction of sp³-hybridized carbons (Fsp3) is 0.250. The van der Waals surface area contributed by atoms with Gasteiger partial charge in [0, 0.05) is 24.1 Å². The van der Waals surface area contributed by atoms with Gasteiger partial charge < -0.3 is 10.1 Å². The Kier molecular flexibility index (Phi) is 3.15. The Hall–Kier alpha value is -1.61. The van der Waals surface area contributed by atoms with E-state index in [4.69, 9.17) is 5.11 Å². The molecular formula is C12H14N2O. The normalized spacial score (nSPS) is 10.5. The second-order valence-electron chi connectivity index (χ2n) is 3.45. The topological polar surface area (TPSA) is 48.9 Å². The minimum atomic E-state index is 0.222. The highest BCUT2D eigenvalue weighted by atomic mass is 16.2. The molecule has 0 fully saturated rings. The number of benzene rings is 1. The number of nitrogens with zero attached hydrogens (tertiary/aromatic N) is 1. The van der Waals surface area contributed by atoms with E-state index in [1.165, 1.54) is 0 Å². The summed E-state index contributed by atoms with van der Waals surface area (Å²) in [6.45, 7) is 0.222. The van der Waals surface area contributed by atoms with Crippen molar-refractivity contribution in [3.8, 4) is 11.4 Å². The summed E-state index contributed by atoms with van der Waals surface area (Å²) >= 11 is 0. The van der Waals surface area contributed by atoms with E-state index in [1.807, 2.05) is 36.5 Å². The zero-order valence-corrected chi connectivity index (χ0v) is 8.48. The SMILES string of the molecule is OCCCc1cnc(-c2ccccc2)[nH]1. The maximum Gasteiger partial charge on any atom is 0.137 e. The van der Waals surface area contributed by atoms with Crippen molar-refractivity contribution in [1.29, 1.82) is 0 Å². The lowest BCUT2D eigenvalue weighted by molar-refractivity contribution is 0.288. The number of aromatic amines is 1. The van der Waals surface area contributed by atoms with Crippen molar-refractivity contribution in [2.75, 3.05) is 6.61 Å². The predicted octanol–water partition coefficient (Wildman–Crippen LogP) is 2.00. The fourth-order valence-corrected chi connectivity index (χ4v) is 1.50. The largest absolute Gasteiger partial charge is 0.396 e. The minimum Gasteiger partial charge on any atom is -0.396 e. The van der Waals surface area contributed by atoms with Gasteiger partial charge in [0.15, 0.2) is 0 Å². The van der Waals surface area contributed by atoms with Gasteiger partial charge in [-0.3, -0.25) is 0 Å². The smallest absolute Gasteiger partial charge is 0.137 e. The number of hydrogen-bond acceptors (Lipinski definition) is 2. The minimum absolute atomic E-state index is 0.222. The van der Waals surface area contributed by atoms with Crippen LogP contribution in [-0.4, -0.2) is 21.7 Å². The summed E-state index contributed by atoms with van der Waals surface area (Å²) in [5, 5.41) is 8.72. The monoisotopic (exact) mass is 202 g/mol. The molecule has 1 aromatic carbocycles. The number of aliphatic hydroxyl groups is 1. The van der Waals surface area contributed by atoms with Crippen LogP contribution in [0.5, 0.6) is 0 Å². The van der Waals surface area contributed by atoms with E-state index in [-0.39, 0.29) is 6.61 Å². The highest BCUT2D eigenvalue weighted by Crippen LogP contribution is 2.15. The zero-order valence-electron chi connectivity index (χ0n) is 8.48. The molecule has 3 heteroatoms. The van der Waals surface area contributed by atoms with Crippen molar-refractivity contribution >= 4 is 0 Å². The first kappa shape index (κ1) is 9.93. The number of nitrogens with one attached hydrogen (secondary N) is 1. The molecule has 1 aromatic heterocycles. The van der Waals surface area contributed by atoms with Gasteiger partial charge in [0.2, 0.25) is 0 Å². The molecule has 0 bridgehead atoms. The molecular weight excluding hydrogens is 188 g/mol. The molecule has 2 rings (SSSR count). The van der Waals surface area contributed by atoms with Crippen LogP contribution < -0.4 is 0 Å². The van der Waals surface area contributed by atoms with Crippen LogP contribution in [0.3, 0.4) is 0 Å². The van der Waals surface area contributed by atoms with Gasteiger partial charge in [-0.1, -0.05) is 30.3 Å². The van der Waals surface area contributed by atoms with E-state index in [0.29, 0.717) is 0 Å². The molecule has 0 atom stereocenters. The van der Waals surface area contributed by atoms with Gasteiger partial charge in [0.25, 0.3) is 0 Å². The molecule has 0 aliphatic carbocycles. The molecule has 3 nitrogen and oxygen atoms in total. The van der Waals surface area contributed by atoms with Crippen molar-refractivity contribution in [3.63, 3.8) is 0 Å². The van der Waals surface area contributed by atoms with Gasteiger partial charge in [0.1, 0.15) is 5.82 Å². The van der Waals surface area contributed by atoms with Gasteiger partial charge >= 0.3 is 0 Å². The van der Waals surface area contributed by atoms with E-state index >= 15 is 0 Å². The number of imidazole rings is 1. The third kappa shape index (κ3) is 2.44. The van der Waals surface area contributed by atoms with Crippen LogP contribution in [-0.2, 0) is 6.42 Å². The third-order valence-corrected chi connectivity index (χ3v) is 2.28. The molecule has 2 aromatic rings. The molecule has 0 unspecified atom stereocenters. The fourth-order valence-electron chi connectivity index (χ4n) is 1.50. The first-order valence-electron chi connectivity index (χ1n) is 5.10. The number of H-pyrrole nitrogens is 1. The Morgan fingerprint density at radius 2 is 2.00 bits per heavy atom. The first-order valence-corrected chi connectivity index (χ1v) is 5.10. The standard InChI is InChI=1S/C12H14N2O/c15-8-4-7-11-9-13-12(14-11)10-5-2-1-3-6-10/h1-3,5-6,9,15H,4,7-8H2,(H,13,14). The Morgan fingerprint density at radius 3 is 2.73 bits per heavy atom. The predicted molar refractivity (Wildman–Crippen MR) is 59.4 cm³/mol. The molecule has 78 valence electrons.